The summed E-state index contributed by atoms with van der Waals surface area (Å²) in [5.41, 5.74) is 3.47. The molecule has 1 amide bonds. The molecule has 2 heterocycles. The molecule has 4 nitrogen and oxygen atoms in total. The van der Waals surface area contributed by atoms with E-state index in [-0.39, 0.29) is 5.91 Å². The average Bonchev–Trinajstić information content (AvgIpc) is 3.22. The number of piperidine rings is 1. The quantitative estimate of drug-likeness (QED) is 0.586. The van der Waals surface area contributed by atoms with Gasteiger partial charge in [-0.05, 0) is 41.8 Å². The highest BCUT2D eigenvalue weighted by molar-refractivity contribution is 5.94. The van der Waals surface area contributed by atoms with E-state index >= 15 is 0 Å². The average molecular weight is 427 g/mol. The lowest BCUT2D eigenvalue weighted by Gasteiger charge is -2.39. The van der Waals surface area contributed by atoms with Gasteiger partial charge in [0.2, 0.25) is 0 Å². The van der Waals surface area contributed by atoms with Gasteiger partial charge in [-0.25, -0.2) is 0 Å². The lowest BCUT2D eigenvalue weighted by Crippen LogP contribution is -2.48. The number of carbonyl (C=O) groups excluding carboxylic acids is 1. The first kappa shape index (κ1) is 20.8. The monoisotopic (exact) mass is 426 g/mol. The first-order chi connectivity index (χ1) is 15.7. The minimum Gasteiger partial charge on any atom is -0.497 e. The van der Waals surface area contributed by atoms with E-state index in [2.05, 4.69) is 64.4 Å². The number of methoxy groups -OCH3 is 1. The van der Waals surface area contributed by atoms with Crippen molar-refractivity contribution in [2.45, 2.75) is 24.9 Å². The first-order valence-corrected chi connectivity index (χ1v) is 11.5. The molecular formula is C28H30N2O2. The predicted octanol–water partition coefficient (Wildman–Crippen LogP) is 4.83. The number of carbonyl (C=O) groups is 1. The molecular weight excluding hydrogens is 396 g/mol. The topological polar surface area (TPSA) is 32.8 Å². The Morgan fingerprint density at radius 2 is 1.59 bits per heavy atom. The van der Waals surface area contributed by atoms with Crippen LogP contribution in [0.5, 0.6) is 5.75 Å². The molecule has 164 valence electrons. The van der Waals surface area contributed by atoms with Crippen molar-refractivity contribution >= 4 is 5.91 Å². The predicted molar refractivity (Wildman–Crippen MR) is 127 cm³/mol. The van der Waals surface area contributed by atoms with Crippen LogP contribution in [0.25, 0.3) is 0 Å². The number of fused-ring (bicyclic) bond motifs is 1. The Morgan fingerprint density at radius 3 is 2.28 bits per heavy atom. The highest BCUT2D eigenvalue weighted by Gasteiger charge is 2.45. The molecule has 0 bridgehead atoms. The van der Waals surface area contributed by atoms with Crippen molar-refractivity contribution in [1.29, 1.82) is 0 Å². The maximum Gasteiger partial charge on any atom is 0.253 e. The summed E-state index contributed by atoms with van der Waals surface area (Å²) in [6.07, 6.45) is 1.02. The minimum atomic E-state index is 0.152. The Bertz CT molecular complexity index is 1040. The third-order valence-corrected chi connectivity index (χ3v) is 7.12. The Balaban J connectivity index is 1.40. The highest BCUT2D eigenvalue weighted by atomic mass is 16.5. The second-order valence-corrected chi connectivity index (χ2v) is 8.93. The van der Waals surface area contributed by atoms with E-state index in [1.54, 1.807) is 7.11 Å². The van der Waals surface area contributed by atoms with E-state index in [9.17, 15) is 4.79 Å². The number of amides is 1. The maximum absolute atomic E-state index is 13.2. The number of nitrogens with zero attached hydrogens (tertiary/aromatic N) is 2. The van der Waals surface area contributed by atoms with Crippen LogP contribution in [0.4, 0.5) is 0 Å². The fourth-order valence-electron chi connectivity index (χ4n) is 5.49. The lowest BCUT2D eigenvalue weighted by molar-refractivity contribution is 0.0584. The molecule has 2 aliphatic rings. The summed E-state index contributed by atoms with van der Waals surface area (Å²) in [5, 5.41) is 0. The van der Waals surface area contributed by atoms with Crippen LogP contribution in [0.15, 0.2) is 84.9 Å². The Morgan fingerprint density at radius 1 is 0.906 bits per heavy atom. The van der Waals surface area contributed by atoms with Crippen LogP contribution in [0.2, 0.25) is 0 Å². The van der Waals surface area contributed by atoms with Crippen LogP contribution in [0.1, 0.15) is 33.8 Å². The molecule has 3 aromatic carbocycles. The molecule has 2 fully saturated rings. The molecule has 3 atom stereocenters. The van der Waals surface area contributed by atoms with Gasteiger partial charge in [-0.1, -0.05) is 60.7 Å². The first-order valence-electron chi connectivity index (χ1n) is 11.5. The fourth-order valence-corrected chi connectivity index (χ4v) is 5.49. The van der Waals surface area contributed by atoms with Crippen molar-refractivity contribution in [3.8, 4) is 5.75 Å². The molecule has 0 aliphatic carbocycles. The molecule has 5 rings (SSSR count). The Kier molecular flexibility index (Phi) is 5.95. The summed E-state index contributed by atoms with van der Waals surface area (Å²) in [5.74, 6) is 1.86. The normalized spacial score (nSPS) is 23.0. The standard InChI is InChI=1S/C28H30N2O2/c1-32-24-14-12-22(13-15-24)25-19-30(18-21-8-4-2-5-9-21)27-16-17-29(20-26(25)27)28(31)23-10-6-3-7-11-23/h2-15,25-27H,16-20H2,1H3/t25-,26-,27-/m1/s1. The molecule has 2 saturated heterocycles. The maximum atomic E-state index is 13.2. The largest absolute Gasteiger partial charge is 0.497 e. The van der Waals surface area contributed by atoms with Gasteiger partial charge >= 0.3 is 0 Å². The zero-order valence-corrected chi connectivity index (χ0v) is 18.6. The molecule has 0 saturated carbocycles. The highest BCUT2D eigenvalue weighted by Crippen LogP contribution is 2.42. The van der Waals surface area contributed by atoms with Gasteiger partial charge in [-0.3, -0.25) is 9.69 Å². The zero-order valence-electron chi connectivity index (χ0n) is 18.6. The van der Waals surface area contributed by atoms with Crippen molar-refractivity contribution in [1.82, 2.24) is 9.80 Å². The van der Waals surface area contributed by atoms with Crippen LogP contribution in [0, 0.1) is 5.92 Å². The SMILES string of the molecule is COc1ccc([C@H]2CN(Cc3ccccc3)[C@@H]3CCN(C(=O)c4ccccc4)C[C@H]23)cc1. The van der Waals surface area contributed by atoms with Gasteiger partial charge < -0.3 is 9.64 Å². The smallest absolute Gasteiger partial charge is 0.253 e. The van der Waals surface area contributed by atoms with Crippen LogP contribution < -0.4 is 4.74 Å². The number of benzene rings is 3. The number of rotatable bonds is 5. The van der Waals surface area contributed by atoms with E-state index in [0.29, 0.717) is 17.9 Å². The summed E-state index contributed by atoms with van der Waals surface area (Å²) >= 11 is 0. The lowest BCUT2D eigenvalue weighted by atomic mass is 9.81. The molecule has 0 spiro atoms. The molecule has 0 N–H and O–H groups in total. The third-order valence-electron chi connectivity index (χ3n) is 7.12. The third kappa shape index (κ3) is 4.15. The van der Waals surface area contributed by atoms with Crippen LogP contribution >= 0.6 is 0 Å². The Hall–Kier alpha value is -3.11. The van der Waals surface area contributed by atoms with Crippen molar-refractivity contribution in [2.24, 2.45) is 5.92 Å². The summed E-state index contributed by atoms with van der Waals surface area (Å²) in [6.45, 7) is 3.60. The van der Waals surface area contributed by atoms with Crippen molar-refractivity contribution in [3.05, 3.63) is 102 Å². The van der Waals surface area contributed by atoms with E-state index in [0.717, 1.165) is 43.9 Å². The van der Waals surface area contributed by atoms with Gasteiger partial charge in [-0.2, -0.15) is 0 Å². The molecule has 0 unspecified atom stereocenters. The van der Waals surface area contributed by atoms with E-state index in [4.69, 9.17) is 4.74 Å². The van der Waals surface area contributed by atoms with Crippen molar-refractivity contribution < 1.29 is 9.53 Å². The molecule has 3 aromatic rings. The van der Waals surface area contributed by atoms with E-state index in [1.807, 2.05) is 30.3 Å². The number of hydrogen-bond acceptors (Lipinski definition) is 3. The zero-order chi connectivity index (χ0) is 21.9. The van der Waals surface area contributed by atoms with Gasteiger partial charge in [0, 0.05) is 49.6 Å². The van der Waals surface area contributed by atoms with Gasteiger partial charge in [0.25, 0.3) is 5.91 Å². The van der Waals surface area contributed by atoms with Crippen LogP contribution in [-0.2, 0) is 6.54 Å². The van der Waals surface area contributed by atoms with Gasteiger partial charge in [0.1, 0.15) is 5.75 Å². The Labute approximate surface area is 190 Å². The molecule has 2 aliphatic heterocycles. The van der Waals surface area contributed by atoms with E-state index < -0.39 is 0 Å². The minimum absolute atomic E-state index is 0.152. The number of hydrogen-bond donors (Lipinski definition) is 0. The second-order valence-electron chi connectivity index (χ2n) is 8.93. The second kappa shape index (κ2) is 9.17. The van der Waals surface area contributed by atoms with Gasteiger partial charge in [0.15, 0.2) is 0 Å². The molecule has 4 heteroatoms. The van der Waals surface area contributed by atoms with Crippen molar-refractivity contribution in [3.63, 3.8) is 0 Å². The van der Waals surface area contributed by atoms with Gasteiger partial charge in [0.05, 0.1) is 7.11 Å². The van der Waals surface area contributed by atoms with Crippen LogP contribution in [-0.4, -0.2) is 48.5 Å². The summed E-state index contributed by atoms with van der Waals surface area (Å²) < 4.78 is 5.37. The molecule has 0 radical (unpaired) electrons. The fraction of sp³-hybridized carbons (Fsp3) is 0.321. The van der Waals surface area contributed by atoms with Gasteiger partial charge in [-0.15, -0.1) is 0 Å². The number of ether oxygens (including phenoxy) is 1. The molecule has 32 heavy (non-hydrogen) atoms. The van der Waals surface area contributed by atoms with E-state index in [1.165, 1.54) is 11.1 Å². The summed E-state index contributed by atoms with van der Waals surface area (Å²) in [7, 11) is 1.70. The number of likely N-dealkylation sites (tertiary alicyclic amines) is 2. The summed E-state index contributed by atoms with van der Waals surface area (Å²) in [4.78, 5) is 17.9. The van der Waals surface area contributed by atoms with Crippen LogP contribution in [0.3, 0.4) is 0 Å². The summed E-state index contributed by atoms with van der Waals surface area (Å²) in [6, 6.07) is 29.4. The van der Waals surface area contributed by atoms with Crippen molar-refractivity contribution in [2.75, 3.05) is 26.7 Å². The molecule has 0 aromatic heterocycles.